The number of hydrogen-bond acceptors (Lipinski definition) is 14. The molecule has 0 fully saturated rings. The number of aromatic nitrogens is 10. The number of carbonyl (C=O) groups is 4. The summed E-state index contributed by atoms with van der Waals surface area (Å²) in [6, 6.07) is 13.7. The number of carboxylic acid groups (broad SMARTS) is 2. The molecular weight excluding hydrogens is 608 g/mol. The third-order valence-corrected chi connectivity index (χ3v) is 6.16. The van der Waals surface area contributed by atoms with Gasteiger partial charge in [-0.25, -0.2) is 9.59 Å². The van der Waals surface area contributed by atoms with E-state index in [1.807, 2.05) is 0 Å². The van der Waals surface area contributed by atoms with Gasteiger partial charge in [0.05, 0.1) is 22.5 Å². The Morgan fingerprint density at radius 3 is 1.72 bits per heavy atom. The van der Waals surface area contributed by atoms with Crippen molar-refractivity contribution < 1.29 is 38.9 Å². The molecule has 2 aromatic carbocycles. The molecule has 4 N–H and O–H groups in total. The van der Waals surface area contributed by atoms with E-state index in [1.165, 1.54) is 60.7 Å². The highest BCUT2D eigenvalue weighted by Crippen LogP contribution is 2.25. The predicted molar refractivity (Wildman–Crippen MR) is 151 cm³/mol. The number of carbonyl (C=O) groups excluding carboxylic acids is 2. The summed E-state index contributed by atoms with van der Waals surface area (Å²) in [4.78, 5) is 49.1. The van der Waals surface area contributed by atoms with Crippen molar-refractivity contribution in [3.63, 3.8) is 0 Å². The van der Waals surface area contributed by atoms with Crippen LogP contribution in [0.4, 0.5) is 11.4 Å². The van der Waals surface area contributed by atoms with Gasteiger partial charge in [0.2, 0.25) is 0 Å². The lowest BCUT2D eigenvalue weighted by Crippen LogP contribution is -2.18. The minimum atomic E-state index is -1.32. The van der Waals surface area contributed by atoms with E-state index in [4.69, 9.17) is 9.47 Å². The first-order valence-corrected chi connectivity index (χ1v) is 13.0. The SMILES string of the molecule is O=C(Nc1cc(OCCOc2ccc(NC(=O)c3ccc4nnnn4n3)c(C(=O)O)c2)ccc1C(=O)O)c1ccc2nnnn2n1. The number of tetrazole rings is 2. The summed E-state index contributed by atoms with van der Waals surface area (Å²) >= 11 is 0. The largest absolute Gasteiger partial charge is 0.490 e. The zero-order chi connectivity index (χ0) is 32.2. The zero-order valence-corrected chi connectivity index (χ0v) is 23.0. The summed E-state index contributed by atoms with van der Waals surface area (Å²) in [5, 5.41) is 53.8. The van der Waals surface area contributed by atoms with E-state index >= 15 is 0 Å². The number of carboxylic acids is 2. The van der Waals surface area contributed by atoms with E-state index < -0.39 is 23.8 Å². The smallest absolute Gasteiger partial charge is 0.337 e. The van der Waals surface area contributed by atoms with Gasteiger partial charge in [0.25, 0.3) is 11.8 Å². The maximum absolute atomic E-state index is 12.8. The molecule has 0 atom stereocenters. The van der Waals surface area contributed by atoms with E-state index in [9.17, 15) is 29.4 Å². The number of nitrogens with zero attached hydrogens (tertiary/aromatic N) is 10. The van der Waals surface area contributed by atoms with Crippen molar-refractivity contribution in [1.29, 1.82) is 0 Å². The van der Waals surface area contributed by atoms with Gasteiger partial charge in [-0.3, -0.25) is 9.59 Å². The first-order valence-electron chi connectivity index (χ1n) is 13.0. The van der Waals surface area contributed by atoms with E-state index in [-0.39, 0.29) is 58.6 Å². The maximum atomic E-state index is 12.8. The van der Waals surface area contributed by atoms with Gasteiger partial charge in [-0.05, 0) is 75.5 Å². The van der Waals surface area contributed by atoms with Crippen molar-refractivity contribution in [2.45, 2.75) is 0 Å². The Balaban J connectivity index is 1.08. The van der Waals surface area contributed by atoms with Crippen molar-refractivity contribution >= 4 is 46.4 Å². The molecule has 0 saturated carbocycles. The highest BCUT2D eigenvalue weighted by Gasteiger charge is 2.18. The lowest BCUT2D eigenvalue weighted by atomic mass is 10.1. The average molecular weight is 627 g/mol. The molecule has 0 unspecified atom stereocenters. The molecule has 0 aliphatic rings. The van der Waals surface area contributed by atoms with Crippen LogP contribution in [0.25, 0.3) is 11.3 Å². The highest BCUT2D eigenvalue weighted by molar-refractivity contribution is 6.07. The van der Waals surface area contributed by atoms with Gasteiger partial charge in [0, 0.05) is 6.07 Å². The van der Waals surface area contributed by atoms with Crippen LogP contribution in [0, 0.1) is 0 Å². The summed E-state index contributed by atoms with van der Waals surface area (Å²) in [7, 11) is 0. The Bertz CT molecular complexity index is 2150. The van der Waals surface area contributed by atoms with Crippen LogP contribution in [0.5, 0.6) is 11.5 Å². The van der Waals surface area contributed by atoms with Crippen molar-refractivity contribution in [3.05, 3.63) is 83.2 Å². The second-order valence-electron chi connectivity index (χ2n) is 9.12. The number of hydrogen-bond donors (Lipinski definition) is 4. The molecule has 20 nitrogen and oxygen atoms in total. The number of ether oxygens (including phenoxy) is 2. The fraction of sp³-hybridized carbons (Fsp3) is 0.0769. The Hall–Kier alpha value is -7.12. The van der Waals surface area contributed by atoms with Crippen LogP contribution in [0.1, 0.15) is 41.7 Å². The third kappa shape index (κ3) is 6.15. The fourth-order valence-electron chi connectivity index (χ4n) is 4.04. The second-order valence-corrected chi connectivity index (χ2v) is 9.12. The summed E-state index contributed by atoms with van der Waals surface area (Å²) in [5.74, 6) is -3.61. The van der Waals surface area contributed by atoms with Gasteiger partial charge >= 0.3 is 11.9 Å². The standard InChI is InChI=1S/C26H18N12O8/c39-23(18-5-7-21-29-33-35-37(21)31-18)27-17-4-2-13(11-16(17)26(43)44)45-9-10-46-14-1-3-15(25(41)42)20(12-14)28-24(40)19-6-8-22-30-34-36-38(22)32-19/h1-8,11-12H,9-10H2,(H,27,39)(H,28,40)(H,41,42)(H,43,44). The van der Waals surface area contributed by atoms with Crippen LogP contribution in [-0.4, -0.2) is 97.7 Å². The molecule has 2 amide bonds. The second kappa shape index (κ2) is 12.2. The molecule has 0 aliphatic heterocycles. The number of rotatable bonds is 11. The lowest BCUT2D eigenvalue weighted by Gasteiger charge is -2.13. The molecule has 0 saturated heterocycles. The molecule has 6 aromatic rings. The highest BCUT2D eigenvalue weighted by atomic mass is 16.5. The number of nitrogens with one attached hydrogen (secondary N) is 2. The molecular formula is C26H18N12O8. The number of aromatic carboxylic acids is 2. The van der Waals surface area contributed by atoms with Gasteiger partial charge in [-0.15, -0.1) is 29.7 Å². The van der Waals surface area contributed by atoms with Gasteiger partial charge in [-0.2, -0.15) is 0 Å². The monoisotopic (exact) mass is 626 g/mol. The van der Waals surface area contributed by atoms with E-state index in [0.29, 0.717) is 11.3 Å². The molecule has 230 valence electrons. The van der Waals surface area contributed by atoms with Crippen LogP contribution in [0.15, 0.2) is 60.7 Å². The molecule has 46 heavy (non-hydrogen) atoms. The Morgan fingerprint density at radius 2 is 1.15 bits per heavy atom. The molecule has 0 radical (unpaired) electrons. The molecule has 20 heteroatoms. The summed E-state index contributed by atoms with van der Waals surface area (Å²) < 4.78 is 13.4. The van der Waals surface area contributed by atoms with Crippen molar-refractivity contribution in [2.24, 2.45) is 0 Å². The normalized spacial score (nSPS) is 10.9. The van der Waals surface area contributed by atoms with Crippen LogP contribution < -0.4 is 20.1 Å². The van der Waals surface area contributed by atoms with Crippen LogP contribution in [0.3, 0.4) is 0 Å². The van der Waals surface area contributed by atoms with Crippen LogP contribution >= 0.6 is 0 Å². The maximum Gasteiger partial charge on any atom is 0.337 e. The quantitative estimate of drug-likeness (QED) is 0.144. The first kappa shape index (κ1) is 29.0. The van der Waals surface area contributed by atoms with E-state index in [2.05, 4.69) is 51.9 Å². The first-order chi connectivity index (χ1) is 22.2. The number of fused-ring (bicyclic) bond motifs is 2. The fourth-order valence-corrected chi connectivity index (χ4v) is 4.04. The van der Waals surface area contributed by atoms with Gasteiger partial charge in [-0.1, -0.05) is 0 Å². The summed E-state index contributed by atoms with van der Waals surface area (Å²) in [6.45, 7) is -0.0810. The molecule has 4 heterocycles. The van der Waals surface area contributed by atoms with Crippen LogP contribution in [0.2, 0.25) is 0 Å². The molecule has 0 bridgehead atoms. The number of benzene rings is 2. The van der Waals surface area contributed by atoms with E-state index in [0.717, 1.165) is 9.26 Å². The minimum absolute atomic E-state index is 0.000820. The molecule has 0 aliphatic carbocycles. The van der Waals surface area contributed by atoms with Crippen molar-refractivity contribution in [1.82, 2.24) is 50.5 Å². The third-order valence-electron chi connectivity index (χ3n) is 6.16. The topological polar surface area (TPSA) is 263 Å². The lowest BCUT2D eigenvalue weighted by molar-refractivity contribution is 0.0686. The number of amides is 2. The Labute approximate surface area is 254 Å². The summed E-state index contributed by atoms with van der Waals surface area (Å²) in [5.41, 5.74) is 0.0449. The molecule has 0 spiro atoms. The Kier molecular flexibility index (Phi) is 7.71. The van der Waals surface area contributed by atoms with Gasteiger partial charge in [0.1, 0.15) is 24.7 Å². The van der Waals surface area contributed by atoms with Gasteiger partial charge < -0.3 is 30.3 Å². The zero-order valence-electron chi connectivity index (χ0n) is 23.0. The van der Waals surface area contributed by atoms with E-state index in [1.54, 1.807) is 0 Å². The predicted octanol–water partition coefficient (Wildman–Crippen LogP) is 0.711. The van der Waals surface area contributed by atoms with Gasteiger partial charge in [0.15, 0.2) is 22.7 Å². The number of anilines is 2. The van der Waals surface area contributed by atoms with Crippen molar-refractivity contribution in [2.75, 3.05) is 23.8 Å². The minimum Gasteiger partial charge on any atom is -0.490 e. The van der Waals surface area contributed by atoms with Crippen molar-refractivity contribution in [3.8, 4) is 11.5 Å². The Morgan fingerprint density at radius 1 is 0.630 bits per heavy atom. The summed E-state index contributed by atoms with van der Waals surface area (Å²) in [6.07, 6.45) is 0. The van der Waals surface area contributed by atoms with Crippen LogP contribution in [-0.2, 0) is 0 Å². The molecule has 6 rings (SSSR count). The molecule has 4 aromatic heterocycles. The average Bonchev–Trinajstić information content (AvgIpc) is 3.72.